The van der Waals surface area contributed by atoms with E-state index in [9.17, 15) is 0 Å². The number of anilines is 2. The first-order chi connectivity index (χ1) is 9.19. The van der Waals surface area contributed by atoms with E-state index in [-0.39, 0.29) is 0 Å². The minimum absolute atomic E-state index is 0.752. The van der Waals surface area contributed by atoms with Crippen LogP contribution in [0.5, 0.6) is 0 Å². The van der Waals surface area contributed by atoms with Crippen LogP contribution in [-0.4, -0.2) is 49.2 Å². The molecule has 0 saturated carbocycles. The van der Waals surface area contributed by atoms with Gasteiger partial charge in [-0.3, -0.25) is 4.90 Å². The second-order valence-corrected chi connectivity index (χ2v) is 5.59. The third kappa shape index (κ3) is 4.10. The summed E-state index contributed by atoms with van der Waals surface area (Å²) in [4.78, 5) is 9.61. The van der Waals surface area contributed by atoms with Crippen molar-refractivity contribution in [1.82, 2.24) is 9.88 Å². The molecule has 0 radical (unpaired) electrons. The van der Waals surface area contributed by atoms with Gasteiger partial charge in [-0.2, -0.15) is 0 Å². The van der Waals surface area contributed by atoms with Gasteiger partial charge in [0, 0.05) is 39.3 Å². The van der Waals surface area contributed by atoms with Crippen LogP contribution in [0.2, 0.25) is 0 Å². The average molecular weight is 262 g/mol. The topological polar surface area (TPSA) is 31.4 Å². The largest absolute Gasteiger partial charge is 0.370 e. The first-order valence-electron chi connectivity index (χ1n) is 7.37. The molecule has 0 aliphatic carbocycles. The summed E-state index contributed by atoms with van der Waals surface area (Å²) in [5.41, 5.74) is 0. The van der Waals surface area contributed by atoms with Crippen LogP contribution in [0.25, 0.3) is 0 Å². The van der Waals surface area contributed by atoms with Crippen LogP contribution in [0.3, 0.4) is 0 Å². The predicted octanol–water partition coefficient (Wildman–Crippen LogP) is 2.29. The monoisotopic (exact) mass is 262 g/mol. The molecule has 2 heterocycles. The van der Waals surface area contributed by atoms with Crippen LogP contribution in [0.15, 0.2) is 18.2 Å². The van der Waals surface area contributed by atoms with Gasteiger partial charge in [0.1, 0.15) is 11.6 Å². The summed E-state index contributed by atoms with van der Waals surface area (Å²) in [7, 11) is 0. The number of piperazine rings is 1. The van der Waals surface area contributed by atoms with Gasteiger partial charge in [-0.15, -0.1) is 0 Å². The molecule has 1 aromatic heterocycles. The van der Waals surface area contributed by atoms with E-state index in [2.05, 4.69) is 53.0 Å². The molecule has 4 heteroatoms. The van der Waals surface area contributed by atoms with Crippen LogP contribution in [-0.2, 0) is 0 Å². The second kappa shape index (κ2) is 6.75. The van der Waals surface area contributed by atoms with Crippen LogP contribution in [0.4, 0.5) is 11.6 Å². The van der Waals surface area contributed by atoms with E-state index in [4.69, 9.17) is 0 Å². The van der Waals surface area contributed by atoms with Gasteiger partial charge in [0.2, 0.25) is 0 Å². The number of hydrogen-bond acceptors (Lipinski definition) is 4. The van der Waals surface area contributed by atoms with Gasteiger partial charge >= 0.3 is 0 Å². The van der Waals surface area contributed by atoms with Crippen molar-refractivity contribution in [2.24, 2.45) is 5.92 Å². The lowest BCUT2D eigenvalue weighted by Crippen LogP contribution is -2.47. The van der Waals surface area contributed by atoms with Crippen LogP contribution in [0.1, 0.15) is 20.8 Å². The second-order valence-electron chi connectivity index (χ2n) is 5.59. The highest BCUT2D eigenvalue weighted by Gasteiger charge is 2.18. The van der Waals surface area contributed by atoms with Gasteiger partial charge < -0.3 is 10.2 Å². The smallest absolute Gasteiger partial charge is 0.131 e. The first-order valence-corrected chi connectivity index (χ1v) is 7.37. The van der Waals surface area contributed by atoms with E-state index in [0.29, 0.717) is 0 Å². The Labute approximate surface area is 116 Å². The van der Waals surface area contributed by atoms with E-state index in [1.165, 1.54) is 6.54 Å². The van der Waals surface area contributed by atoms with E-state index < -0.39 is 0 Å². The van der Waals surface area contributed by atoms with E-state index in [1.807, 2.05) is 6.07 Å². The van der Waals surface area contributed by atoms with E-state index in [0.717, 1.165) is 50.3 Å². The lowest BCUT2D eigenvalue weighted by Gasteiger charge is -2.36. The van der Waals surface area contributed by atoms with E-state index in [1.54, 1.807) is 0 Å². The van der Waals surface area contributed by atoms with Crippen molar-refractivity contribution in [2.45, 2.75) is 20.8 Å². The molecule has 2 rings (SSSR count). The Morgan fingerprint density at radius 3 is 2.58 bits per heavy atom. The zero-order chi connectivity index (χ0) is 13.7. The summed E-state index contributed by atoms with van der Waals surface area (Å²) in [6, 6.07) is 6.22. The molecule has 106 valence electrons. The highest BCUT2D eigenvalue weighted by atomic mass is 15.3. The normalized spacial score (nSPS) is 16.9. The van der Waals surface area contributed by atoms with Gasteiger partial charge in [-0.1, -0.05) is 19.9 Å². The molecule has 0 bridgehead atoms. The lowest BCUT2D eigenvalue weighted by molar-refractivity contribution is 0.231. The highest BCUT2D eigenvalue weighted by molar-refractivity contribution is 5.47. The van der Waals surface area contributed by atoms with Gasteiger partial charge in [0.15, 0.2) is 0 Å². The number of rotatable bonds is 5. The molecule has 1 fully saturated rings. The van der Waals surface area contributed by atoms with Crippen molar-refractivity contribution >= 4 is 11.6 Å². The molecule has 0 aromatic carbocycles. The standard InChI is InChI=1S/C15H26N4/c1-4-16-14-6-5-7-15(17-14)19-10-8-18(9-11-19)12-13(2)3/h5-7,13H,4,8-12H2,1-3H3,(H,16,17). The van der Waals surface area contributed by atoms with Crippen molar-refractivity contribution in [3.8, 4) is 0 Å². The fourth-order valence-corrected chi connectivity index (χ4v) is 2.55. The summed E-state index contributed by atoms with van der Waals surface area (Å²) in [6.07, 6.45) is 0. The number of pyridine rings is 1. The molecule has 0 atom stereocenters. The zero-order valence-corrected chi connectivity index (χ0v) is 12.4. The molecule has 1 saturated heterocycles. The molecular formula is C15H26N4. The van der Waals surface area contributed by atoms with Gasteiger partial charge in [-0.25, -0.2) is 4.98 Å². The molecule has 0 spiro atoms. The minimum Gasteiger partial charge on any atom is -0.370 e. The molecule has 1 aromatic rings. The molecule has 0 amide bonds. The SMILES string of the molecule is CCNc1cccc(N2CCN(CC(C)C)CC2)n1. The Hall–Kier alpha value is -1.29. The Balaban J connectivity index is 1.92. The Bertz CT molecular complexity index is 383. The van der Waals surface area contributed by atoms with Crippen molar-refractivity contribution < 1.29 is 0 Å². The average Bonchev–Trinajstić information content (AvgIpc) is 2.40. The van der Waals surface area contributed by atoms with Crippen LogP contribution in [0, 0.1) is 5.92 Å². The summed E-state index contributed by atoms with van der Waals surface area (Å²) < 4.78 is 0. The van der Waals surface area contributed by atoms with Crippen molar-refractivity contribution in [1.29, 1.82) is 0 Å². The molecule has 0 unspecified atom stereocenters. The third-order valence-electron chi connectivity index (χ3n) is 3.41. The molecule has 1 N–H and O–H groups in total. The summed E-state index contributed by atoms with van der Waals surface area (Å²) >= 11 is 0. The Morgan fingerprint density at radius 1 is 1.21 bits per heavy atom. The molecule has 1 aliphatic rings. The van der Waals surface area contributed by atoms with Crippen molar-refractivity contribution in [3.05, 3.63) is 18.2 Å². The Morgan fingerprint density at radius 2 is 1.95 bits per heavy atom. The highest BCUT2D eigenvalue weighted by Crippen LogP contribution is 2.16. The fraction of sp³-hybridized carbons (Fsp3) is 0.667. The van der Waals surface area contributed by atoms with Crippen molar-refractivity contribution in [3.63, 3.8) is 0 Å². The maximum absolute atomic E-state index is 4.67. The molecule has 1 aliphatic heterocycles. The maximum atomic E-state index is 4.67. The molecular weight excluding hydrogens is 236 g/mol. The molecule has 4 nitrogen and oxygen atoms in total. The summed E-state index contributed by atoms with van der Waals surface area (Å²) in [5, 5.41) is 3.27. The summed E-state index contributed by atoms with van der Waals surface area (Å²) in [6.45, 7) is 13.2. The number of hydrogen-bond donors (Lipinski definition) is 1. The maximum Gasteiger partial charge on any atom is 0.131 e. The van der Waals surface area contributed by atoms with Gasteiger partial charge in [0.25, 0.3) is 0 Å². The first kappa shape index (κ1) is 14.1. The fourth-order valence-electron chi connectivity index (χ4n) is 2.55. The number of nitrogens with zero attached hydrogens (tertiary/aromatic N) is 3. The predicted molar refractivity (Wildman–Crippen MR) is 81.9 cm³/mol. The summed E-state index contributed by atoms with van der Waals surface area (Å²) in [5.74, 6) is 2.83. The van der Waals surface area contributed by atoms with Gasteiger partial charge in [0.05, 0.1) is 0 Å². The lowest BCUT2D eigenvalue weighted by atomic mass is 10.2. The zero-order valence-electron chi connectivity index (χ0n) is 12.4. The quantitative estimate of drug-likeness (QED) is 0.882. The molecule has 19 heavy (non-hydrogen) atoms. The Kier molecular flexibility index (Phi) is 5.02. The number of aromatic nitrogens is 1. The van der Waals surface area contributed by atoms with Crippen LogP contribution < -0.4 is 10.2 Å². The third-order valence-corrected chi connectivity index (χ3v) is 3.41. The van der Waals surface area contributed by atoms with Gasteiger partial charge in [-0.05, 0) is 25.0 Å². The number of nitrogens with one attached hydrogen (secondary N) is 1. The van der Waals surface area contributed by atoms with Crippen LogP contribution >= 0.6 is 0 Å². The minimum atomic E-state index is 0.752. The van der Waals surface area contributed by atoms with E-state index >= 15 is 0 Å². The van der Waals surface area contributed by atoms with Crippen molar-refractivity contribution in [2.75, 3.05) is 49.5 Å².